The Morgan fingerprint density at radius 1 is 1.16 bits per heavy atom. The van der Waals surface area contributed by atoms with Crippen molar-refractivity contribution in [2.24, 2.45) is 0 Å². The fourth-order valence-corrected chi connectivity index (χ4v) is 2.00. The van der Waals surface area contributed by atoms with E-state index in [1.807, 2.05) is 36.4 Å². The van der Waals surface area contributed by atoms with Gasteiger partial charge in [-0.15, -0.1) is 12.4 Å². The van der Waals surface area contributed by atoms with Gasteiger partial charge in [-0.3, -0.25) is 4.79 Å². The Hall–Kier alpha value is -2.31. The lowest BCUT2D eigenvalue weighted by Gasteiger charge is -2.11. The number of hydrogen-bond acceptors (Lipinski definition) is 5. The van der Waals surface area contributed by atoms with Crippen molar-refractivity contribution in [1.82, 2.24) is 15.6 Å². The summed E-state index contributed by atoms with van der Waals surface area (Å²) in [6.07, 6.45) is 2.63. The summed E-state index contributed by atoms with van der Waals surface area (Å²) in [5.74, 6) is 1.87. The molecule has 2 N–H and O–H groups in total. The molecule has 7 heteroatoms. The van der Waals surface area contributed by atoms with Crippen molar-refractivity contribution >= 4 is 18.3 Å². The van der Waals surface area contributed by atoms with Crippen LogP contribution in [0.1, 0.15) is 18.9 Å². The molecule has 0 spiro atoms. The molecule has 2 aromatic rings. The van der Waals surface area contributed by atoms with Crippen LogP contribution in [-0.4, -0.2) is 31.1 Å². The molecule has 25 heavy (non-hydrogen) atoms. The minimum Gasteiger partial charge on any atom is -0.494 e. The highest BCUT2D eigenvalue weighted by Gasteiger charge is 2.08. The molecule has 0 bridgehead atoms. The van der Waals surface area contributed by atoms with Crippen LogP contribution in [0.3, 0.4) is 0 Å². The number of benzene rings is 1. The Kier molecular flexibility index (Phi) is 9.36. The number of pyridine rings is 1. The smallest absolute Gasteiger partial charge is 0.234 e. The zero-order chi connectivity index (χ0) is 17.2. The third-order valence-electron chi connectivity index (χ3n) is 3.17. The van der Waals surface area contributed by atoms with Crippen LogP contribution < -0.4 is 20.1 Å². The average Bonchev–Trinajstić information content (AvgIpc) is 2.61. The second-order valence-electron chi connectivity index (χ2n) is 5.20. The molecule has 0 radical (unpaired) electrons. The van der Waals surface area contributed by atoms with Gasteiger partial charge in [-0.1, -0.05) is 13.0 Å². The molecular formula is C18H24ClN3O3. The first-order valence-electron chi connectivity index (χ1n) is 7.99. The van der Waals surface area contributed by atoms with E-state index in [-0.39, 0.29) is 24.9 Å². The molecule has 0 fully saturated rings. The standard InChI is InChI=1S/C18H23N3O3.ClH/c1-3-11-23-15-6-8-16(9-7-15)24-18-14(5-4-10-20-18)12-21-17(22)13-19-2;/h4-10,19H,3,11-13H2,1-2H3,(H,21,22);1H. The van der Waals surface area contributed by atoms with E-state index in [9.17, 15) is 4.79 Å². The lowest BCUT2D eigenvalue weighted by atomic mass is 10.2. The molecule has 0 aliphatic rings. The molecule has 136 valence electrons. The number of nitrogens with zero attached hydrogens (tertiary/aromatic N) is 1. The number of hydrogen-bond donors (Lipinski definition) is 2. The van der Waals surface area contributed by atoms with Crippen molar-refractivity contribution in [2.45, 2.75) is 19.9 Å². The summed E-state index contributed by atoms with van der Waals surface area (Å²) < 4.78 is 11.4. The SMILES string of the molecule is CCCOc1ccc(Oc2ncccc2CNC(=O)CNC)cc1.Cl. The summed E-state index contributed by atoms with van der Waals surface area (Å²) in [5, 5.41) is 5.62. The Balaban J connectivity index is 0.00000312. The maximum atomic E-state index is 11.6. The van der Waals surface area contributed by atoms with E-state index < -0.39 is 0 Å². The van der Waals surface area contributed by atoms with E-state index in [1.54, 1.807) is 13.2 Å². The molecule has 0 unspecified atom stereocenters. The Bertz CT molecular complexity index is 650. The molecule has 0 aliphatic carbocycles. The lowest BCUT2D eigenvalue weighted by Crippen LogP contribution is -2.31. The van der Waals surface area contributed by atoms with Crippen LogP contribution in [0, 0.1) is 0 Å². The zero-order valence-corrected chi connectivity index (χ0v) is 15.3. The van der Waals surface area contributed by atoms with Crippen molar-refractivity contribution in [3.63, 3.8) is 0 Å². The number of rotatable bonds is 9. The van der Waals surface area contributed by atoms with Gasteiger partial charge in [0.05, 0.1) is 13.2 Å². The second-order valence-corrected chi connectivity index (χ2v) is 5.20. The van der Waals surface area contributed by atoms with E-state index in [0.717, 1.165) is 17.7 Å². The predicted octanol–water partition coefficient (Wildman–Crippen LogP) is 2.92. The molecule has 1 amide bonds. The number of amides is 1. The number of ether oxygens (including phenoxy) is 2. The maximum absolute atomic E-state index is 11.6. The first-order valence-corrected chi connectivity index (χ1v) is 7.99. The summed E-state index contributed by atoms with van der Waals surface area (Å²) >= 11 is 0. The molecule has 1 heterocycles. The minimum absolute atomic E-state index is 0. The maximum Gasteiger partial charge on any atom is 0.234 e. The number of carbonyl (C=O) groups excluding carboxylic acids is 1. The molecule has 1 aromatic heterocycles. The van der Waals surface area contributed by atoms with E-state index in [2.05, 4.69) is 22.5 Å². The number of aromatic nitrogens is 1. The van der Waals surface area contributed by atoms with Gasteiger partial charge in [-0.25, -0.2) is 4.98 Å². The van der Waals surface area contributed by atoms with Crippen LogP contribution >= 0.6 is 12.4 Å². The number of likely N-dealkylation sites (N-methyl/N-ethyl adjacent to an activating group) is 1. The Labute approximate surface area is 154 Å². The molecule has 2 rings (SSSR count). The van der Waals surface area contributed by atoms with Crippen LogP contribution in [0.15, 0.2) is 42.6 Å². The van der Waals surface area contributed by atoms with Crippen molar-refractivity contribution in [1.29, 1.82) is 0 Å². The van der Waals surface area contributed by atoms with Crippen molar-refractivity contribution in [3.8, 4) is 17.4 Å². The van der Waals surface area contributed by atoms with Gasteiger partial charge in [-0.2, -0.15) is 0 Å². The van der Waals surface area contributed by atoms with Gasteiger partial charge in [0.1, 0.15) is 11.5 Å². The molecule has 6 nitrogen and oxygen atoms in total. The molecule has 0 saturated heterocycles. The van der Waals surface area contributed by atoms with Gasteiger partial charge in [0.25, 0.3) is 0 Å². The van der Waals surface area contributed by atoms with Gasteiger partial charge < -0.3 is 20.1 Å². The number of halogens is 1. The summed E-state index contributed by atoms with van der Waals surface area (Å²) in [6, 6.07) is 11.1. The van der Waals surface area contributed by atoms with Gasteiger partial charge in [0.2, 0.25) is 11.8 Å². The van der Waals surface area contributed by atoms with E-state index in [0.29, 0.717) is 24.8 Å². The largest absolute Gasteiger partial charge is 0.494 e. The highest BCUT2D eigenvalue weighted by Crippen LogP contribution is 2.25. The van der Waals surface area contributed by atoms with Gasteiger partial charge >= 0.3 is 0 Å². The lowest BCUT2D eigenvalue weighted by molar-refractivity contribution is -0.120. The fraction of sp³-hybridized carbons (Fsp3) is 0.333. The van der Waals surface area contributed by atoms with Crippen LogP contribution in [0.5, 0.6) is 17.4 Å². The first-order chi connectivity index (χ1) is 11.7. The quantitative estimate of drug-likeness (QED) is 0.714. The molecule has 1 aromatic carbocycles. The van der Waals surface area contributed by atoms with Gasteiger partial charge in [0, 0.05) is 18.3 Å². The molecule has 0 saturated carbocycles. The Morgan fingerprint density at radius 2 is 1.88 bits per heavy atom. The van der Waals surface area contributed by atoms with Crippen LogP contribution in [0.4, 0.5) is 0 Å². The second kappa shape index (κ2) is 11.3. The number of nitrogens with one attached hydrogen (secondary N) is 2. The van der Waals surface area contributed by atoms with E-state index in [4.69, 9.17) is 9.47 Å². The van der Waals surface area contributed by atoms with Gasteiger partial charge in [-0.05, 0) is 43.8 Å². The average molecular weight is 366 g/mol. The third kappa shape index (κ3) is 6.99. The predicted molar refractivity (Wildman–Crippen MR) is 99.6 cm³/mol. The topological polar surface area (TPSA) is 72.5 Å². The summed E-state index contributed by atoms with van der Waals surface area (Å²) in [5.41, 5.74) is 0.813. The third-order valence-corrected chi connectivity index (χ3v) is 3.17. The van der Waals surface area contributed by atoms with Crippen molar-refractivity contribution < 1.29 is 14.3 Å². The molecular weight excluding hydrogens is 342 g/mol. The van der Waals surface area contributed by atoms with E-state index in [1.165, 1.54) is 0 Å². The normalized spacial score (nSPS) is 9.84. The molecule has 0 atom stereocenters. The fourth-order valence-electron chi connectivity index (χ4n) is 2.00. The highest BCUT2D eigenvalue weighted by atomic mass is 35.5. The molecule has 0 aliphatic heterocycles. The summed E-state index contributed by atoms with van der Waals surface area (Å²) in [7, 11) is 1.73. The zero-order valence-electron chi connectivity index (χ0n) is 14.5. The first kappa shape index (κ1) is 20.7. The van der Waals surface area contributed by atoms with E-state index >= 15 is 0 Å². The van der Waals surface area contributed by atoms with Crippen LogP contribution in [0.25, 0.3) is 0 Å². The minimum atomic E-state index is -0.0790. The van der Waals surface area contributed by atoms with Crippen LogP contribution in [-0.2, 0) is 11.3 Å². The summed E-state index contributed by atoms with van der Waals surface area (Å²) in [6.45, 7) is 3.39. The highest BCUT2D eigenvalue weighted by molar-refractivity contribution is 5.85. The van der Waals surface area contributed by atoms with Crippen molar-refractivity contribution in [2.75, 3.05) is 20.2 Å². The summed E-state index contributed by atoms with van der Waals surface area (Å²) in [4.78, 5) is 15.8. The monoisotopic (exact) mass is 365 g/mol. The van der Waals surface area contributed by atoms with Gasteiger partial charge in [0.15, 0.2) is 0 Å². The van der Waals surface area contributed by atoms with Crippen molar-refractivity contribution in [3.05, 3.63) is 48.2 Å². The Morgan fingerprint density at radius 3 is 2.56 bits per heavy atom. The van der Waals surface area contributed by atoms with Crippen LogP contribution in [0.2, 0.25) is 0 Å². The number of carbonyl (C=O) groups is 1.